The number of hydrogen-bond acceptors (Lipinski definition) is 5. The summed E-state index contributed by atoms with van der Waals surface area (Å²) < 4.78 is 11.7. The van der Waals surface area contributed by atoms with Gasteiger partial charge in [0.25, 0.3) is 5.91 Å². The van der Waals surface area contributed by atoms with E-state index in [1.807, 2.05) is 61.5 Å². The molecule has 0 fully saturated rings. The second-order valence-electron chi connectivity index (χ2n) is 6.17. The number of hydrogen-bond donors (Lipinski definition) is 0. The van der Waals surface area contributed by atoms with Gasteiger partial charge in [0.1, 0.15) is 11.5 Å². The Morgan fingerprint density at radius 1 is 1.19 bits per heavy atom. The highest BCUT2D eigenvalue weighted by molar-refractivity contribution is 7.22. The molecule has 0 saturated carbocycles. The number of fused-ring (bicyclic) bond motifs is 1. The Balaban J connectivity index is 1.76. The molecule has 0 N–H and O–H groups in total. The fourth-order valence-electron chi connectivity index (χ4n) is 2.86. The molecule has 0 aliphatic carbocycles. The molecule has 4 rings (SSSR count). The molecule has 5 nitrogen and oxygen atoms in total. The number of anilines is 1. The molecular weight excluding hydrogens is 360 g/mol. The fraction of sp³-hybridized carbons (Fsp3) is 0.143. The standard InChI is InChI=1S/C21H18N2O3S/c1-14-5-3-6-15(11-14)20(24)23(13-17-7-4-10-26-17)21-22-18-12-16(25-2)8-9-19(18)27-21/h3-12H,13H2,1-2H3. The van der Waals surface area contributed by atoms with Crippen molar-refractivity contribution in [3.05, 3.63) is 77.7 Å². The molecule has 2 heterocycles. The lowest BCUT2D eigenvalue weighted by molar-refractivity contribution is 0.0983. The highest BCUT2D eigenvalue weighted by atomic mass is 32.1. The first kappa shape index (κ1) is 17.3. The lowest BCUT2D eigenvalue weighted by atomic mass is 10.1. The van der Waals surface area contributed by atoms with Crippen molar-refractivity contribution in [2.24, 2.45) is 0 Å². The smallest absolute Gasteiger partial charge is 0.260 e. The van der Waals surface area contributed by atoms with E-state index < -0.39 is 0 Å². The molecular formula is C21H18N2O3S. The number of ether oxygens (including phenoxy) is 1. The first-order chi connectivity index (χ1) is 13.1. The highest BCUT2D eigenvalue weighted by Gasteiger charge is 2.23. The number of rotatable bonds is 5. The van der Waals surface area contributed by atoms with Crippen LogP contribution in [-0.2, 0) is 6.54 Å². The van der Waals surface area contributed by atoms with Gasteiger partial charge in [-0.05, 0) is 43.3 Å². The average molecular weight is 378 g/mol. The molecule has 0 aliphatic heterocycles. The molecule has 0 unspecified atom stereocenters. The van der Waals surface area contributed by atoms with Gasteiger partial charge in [-0.15, -0.1) is 0 Å². The van der Waals surface area contributed by atoms with E-state index in [4.69, 9.17) is 9.15 Å². The Bertz CT molecular complexity index is 1090. The molecule has 0 atom stereocenters. The van der Waals surface area contributed by atoms with Crippen molar-refractivity contribution in [2.75, 3.05) is 12.0 Å². The molecule has 2 aromatic carbocycles. The number of carbonyl (C=O) groups excluding carboxylic acids is 1. The van der Waals surface area contributed by atoms with E-state index >= 15 is 0 Å². The molecule has 0 aliphatic rings. The van der Waals surface area contributed by atoms with Crippen LogP contribution in [0, 0.1) is 6.92 Å². The Kier molecular flexibility index (Phi) is 4.64. The number of thiazole rings is 1. The monoisotopic (exact) mass is 378 g/mol. The van der Waals surface area contributed by atoms with Gasteiger partial charge in [-0.25, -0.2) is 4.98 Å². The summed E-state index contributed by atoms with van der Waals surface area (Å²) in [5.74, 6) is 1.33. The van der Waals surface area contributed by atoms with Crippen molar-refractivity contribution in [1.82, 2.24) is 4.98 Å². The van der Waals surface area contributed by atoms with Gasteiger partial charge >= 0.3 is 0 Å². The molecule has 0 bridgehead atoms. The van der Waals surface area contributed by atoms with Crippen LogP contribution in [-0.4, -0.2) is 18.0 Å². The maximum atomic E-state index is 13.2. The zero-order chi connectivity index (χ0) is 18.8. The molecule has 4 aromatic rings. The molecule has 6 heteroatoms. The second kappa shape index (κ2) is 7.25. The fourth-order valence-corrected chi connectivity index (χ4v) is 3.80. The third-order valence-corrected chi connectivity index (χ3v) is 5.28. The first-order valence-corrected chi connectivity index (χ1v) is 9.31. The molecule has 0 saturated heterocycles. The van der Waals surface area contributed by atoms with E-state index in [9.17, 15) is 4.79 Å². The largest absolute Gasteiger partial charge is 0.497 e. The zero-order valence-corrected chi connectivity index (χ0v) is 15.8. The van der Waals surface area contributed by atoms with Gasteiger partial charge in [-0.2, -0.15) is 0 Å². The van der Waals surface area contributed by atoms with Crippen molar-refractivity contribution < 1.29 is 13.9 Å². The van der Waals surface area contributed by atoms with Gasteiger partial charge in [-0.3, -0.25) is 9.69 Å². The Morgan fingerprint density at radius 3 is 2.81 bits per heavy atom. The van der Waals surface area contributed by atoms with Crippen LogP contribution < -0.4 is 9.64 Å². The van der Waals surface area contributed by atoms with Crippen LogP contribution in [0.5, 0.6) is 5.75 Å². The summed E-state index contributed by atoms with van der Waals surface area (Å²) >= 11 is 1.47. The third kappa shape index (κ3) is 3.57. The quantitative estimate of drug-likeness (QED) is 0.487. The average Bonchev–Trinajstić information content (AvgIpc) is 3.34. The maximum absolute atomic E-state index is 13.2. The molecule has 0 radical (unpaired) electrons. The number of benzene rings is 2. The number of methoxy groups -OCH3 is 1. The summed E-state index contributed by atoms with van der Waals surface area (Å²) in [6, 6.07) is 16.9. The van der Waals surface area contributed by atoms with Gasteiger partial charge in [-0.1, -0.05) is 29.0 Å². The maximum Gasteiger partial charge on any atom is 0.260 e. The van der Waals surface area contributed by atoms with Crippen LogP contribution >= 0.6 is 11.3 Å². The van der Waals surface area contributed by atoms with Crippen molar-refractivity contribution in [3.8, 4) is 5.75 Å². The van der Waals surface area contributed by atoms with E-state index in [1.165, 1.54) is 11.3 Å². The number of carbonyl (C=O) groups is 1. The van der Waals surface area contributed by atoms with Crippen molar-refractivity contribution >= 4 is 32.6 Å². The molecule has 27 heavy (non-hydrogen) atoms. The molecule has 1 amide bonds. The van der Waals surface area contributed by atoms with Crippen molar-refractivity contribution in [2.45, 2.75) is 13.5 Å². The van der Waals surface area contributed by atoms with E-state index in [-0.39, 0.29) is 5.91 Å². The number of aryl methyl sites for hydroxylation is 1. The highest BCUT2D eigenvalue weighted by Crippen LogP contribution is 2.32. The van der Waals surface area contributed by atoms with Crippen LogP contribution in [0.2, 0.25) is 0 Å². The van der Waals surface area contributed by atoms with Gasteiger partial charge < -0.3 is 9.15 Å². The van der Waals surface area contributed by atoms with Crippen LogP contribution in [0.4, 0.5) is 5.13 Å². The third-order valence-electron chi connectivity index (χ3n) is 4.22. The molecule has 136 valence electrons. The van der Waals surface area contributed by atoms with E-state index in [1.54, 1.807) is 18.3 Å². The Morgan fingerprint density at radius 2 is 2.07 bits per heavy atom. The minimum absolute atomic E-state index is 0.110. The van der Waals surface area contributed by atoms with E-state index in [2.05, 4.69) is 4.98 Å². The summed E-state index contributed by atoms with van der Waals surface area (Å²) in [5.41, 5.74) is 2.46. The summed E-state index contributed by atoms with van der Waals surface area (Å²) in [6.07, 6.45) is 1.61. The summed E-state index contributed by atoms with van der Waals surface area (Å²) in [6.45, 7) is 2.29. The van der Waals surface area contributed by atoms with Crippen LogP contribution in [0.1, 0.15) is 21.7 Å². The van der Waals surface area contributed by atoms with Gasteiger partial charge in [0, 0.05) is 11.6 Å². The molecule has 0 spiro atoms. The predicted molar refractivity (Wildman–Crippen MR) is 107 cm³/mol. The van der Waals surface area contributed by atoms with Crippen molar-refractivity contribution in [3.63, 3.8) is 0 Å². The summed E-state index contributed by atoms with van der Waals surface area (Å²) in [7, 11) is 1.62. The minimum Gasteiger partial charge on any atom is -0.497 e. The number of furan rings is 1. The topological polar surface area (TPSA) is 55.6 Å². The van der Waals surface area contributed by atoms with Crippen molar-refractivity contribution in [1.29, 1.82) is 0 Å². The van der Waals surface area contributed by atoms with E-state index in [0.29, 0.717) is 23.0 Å². The lowest BCUT2D eigenvalue weighted by Crippen LogP contribution is -2.30. The van der Waals surface area contributed by atoms with Crippen LogP contribution in [0.15, 0.2) is 65.3 Å². The SMILES string of the molecule is COc1ccc2sc(N(Cc3ccco3)C(=O)c3cccc(C)c3)nc2c1. The van der Waals surface area contributed by atoms with Crippen LogP contribution in [0.3, 0.4) is 0 Å². The first-order valence-electron chi connectivity index (χ1n) is 8.49. The number of nitrogens with zero attached hydrogens (tertiary/aromatic N) is 2. The Labute approximate surface area is 160 Å². The normalized spacial score (nSPS) is 10.9. The molecule has 2 aromatic heterocycles. The lowest BCUT2D eigenvalue weighted by Gasteiger charge is -2.19. The predicted octanol–water partition coefficient (Wildman–Crippen LogP) is 5.05. The number of amides is 1. The van der Waals surface area contributed by atoms with E-state index in [0.717, 1.165) is 21.5 Å². The second-order valence-corrected chi connectivity index (χ2v) is 7.18. The van der Waals surface area contributed by atoms with Gasteiger partial charge in [0.15, 0.2) is 5.13 Å². The number of aromatic nitrogens is 1. The van der Waals surface area contributed by atoms with Gasteiger partial charge in [0.05, 0.1) is 30.1 Å². The minimum atomic E-state index is -0.110. The Hall–Kier alpha value is -3.12. The summed E-state index contributed by atoms with van der Waals surface area (Å²) in [4.78, 5) is 19.6. The zero-order valence-electron chi connectivity index (χ0n) is 15.0. The summed E-state index contributed by atoms with van der Waals surface area (Å²) in [5, 5.41) is 0.626. The van der Waals surface area contributed by atoms with Gasteiger partial charge in [0.2, 0.25) is 0 Å². The van der Waals surface area contributed by atoms with Crippen LogP contribution in [0.25, 0.3) is 10.2 Å².